The summed E-state index contributed by atoms with van der Waals surface area (Å²) in [6.45, 7) is -3.73. The summed E-state index contributed by atoms with van der Waals surface area (Å²) in [5.41, 5.74) is 0.0948. The van der Waals surface area contributed by atoms with E-state index in [0.29, 0.717) is 0 Å². The molecule has 112 valence electrons. The van der Waals surface area contributed by atoms with Crippen LogP contribution >= 0.6 is 11.6 Å². The number of halogens is 5. The molecule has 1 aromatic rings. The van der Waals surface area contributed by atoms with Crippen molar-refractivity contribution >= 4 is 17.5 Å². The minimum absolute atomic E-state index is 0.0189. The molecule has 1 amide bonds. The molecule has 0 aliphatic carbocycles. The topological polar surface area (TPSA) is 29.5 Å². The molecular formula is C12H12ClF4NO2. The first-order valence-corrected chi connectivity index (χ1v) is 6.15. The number of carbonyl (C=O) groups excluding carboxylic acids is 1. The van der Waals surface area contributed by atoms with Crippen molar-refractivity contribution < 1.29 is 27.1 Å². The van der Waals surface area contributed by atoms with Crippen LogP contribution < -0.4 is 4.74 Å². The van der Waals surface area contributed by atoms with Gasteiger partial charge >= 0.3 is 6.61 Å². The highest BCUT2D eigenvalue weighted by molar-refractivity contribution is 6.18. The maximum atomic E-state index is 12.4. The monoisotopic (exact) mass is 313 g/mol. The largest absolute Gasteiger partial charge is 0.435 e. The van der Waals surface area contributed by atoms with Gasteiger partial charge in [-0.25, -0.2) is 8.78 Å². The molecule has 0 aromatic heterocycles. The standard InChI is InChI=1S/C12H12ClF4NO2/c13-5-6-18(7-10(14)15)11(19)8-1-3-9(4-2-8)20-12(16)17/h1-4,10,12H,5-7H2. The molecule has 0 unspecified atom stereocenters. The Hall–Kier alpha value is -1.50. The van der Waals surface area contributed by atoms with Gasteiger partial charge in [-0.1, -0.05) is 0 Å². The normalized spacial score (nSPS) is 10.9. The third kappa shape index (κ3) is 5.24. The maximum Gasteiger partial charge on any atom is 0.387 e. The predicted molar refractivity (Wildman–Crippen MR) is 65.7 cm³/mol. The highest BCUT2D eigenvalue weighted by Crippen LogP contribution is 2.16. The van der Waals surface area contributed by atoms with Crippen LogP contribution in [0.5, 0.6) is 5.75 Å². The summed E-state index contributed by atoms with van der Waals surface area (Å²) in [4.78, 5) is 12.9. The van der Waals surface area contributed by atoms with E-state index in [1.807, 2.05) is 0 Å². The molecule has 0 fully saturated rings. The van der Waals surface area contributed by atoms with E-state index < -0.39 is 25.5 Å². The second-order valence-electron chi connectivity index (χ2n) is 3.73. The fourth-order valence-corrected chi connectivity index (χ4v) is 1.71. The summed E-state index contributed by atoms with van der Waals surface area (Å²) in [5.74, 6) is -0.741. The van der Waals surface area contributed by atoms with Crippen LogP contribution in [-0.4, -0.2) is 42.8 Å². The first-order chi connectivity index (χ1) is 9.43. The Morgan fingerprint density at radius 2 is 1.80 bits per heavy atom. The summed E-state index contributed by atoms with van der Waals surface area (Å²) in [7, 11) is 0. The molecule has 0 radical (unpaired) electrons. The zero-order valence-corrected chi connectivity index (χ0v) is 11.0. The van der Waals surface area contributed by atoms with Crippen molar-refractivity contribution in [2.45, 2.75) is 13.0 Å². The molecule has 1 aromatic carbocycles. The minimum Gasteiger partial charge on any atom is -0.435 e. The summed E-state index contributed by atoms with van der Waals surface area (Å²) >= 11 is 5.45. The lowest BCUT2D eigenvalue weighted by Crippen LogP contribution is -2.36. The van der Waals surface area contributed by atoms with Crippen LogP contribution in [0.1, 0.15) is 10.4 Å². The Kier molecular flexibility index (Phi) is 6.57. The Bertz CT molecular complexity index is 428. The molecule has 0 heterocycles. The molecule has 20 heavy (non-hydrogen) atoms. The number of alkyl halides is 5. The molecular weight excluding hydrogens is 302 g/mol. The van der Waals surface area contributed by atoms with E-state index in [2.05, 4.69) is 4.74 Å². The Balaban J connectivity index is 2.78. The van der Waals surface area contributed by atoms with Crippen molar-refractivity contribution in [3.63, 3.8) is 0 Å². The first-order valence-electron chi connectivity index (χ1n) is 5.62. The number of hydrogen-bond acceptors (Lipinski definition) is 2. The lowest BCUT2D eigenvalue weighted by Gasteiger charge is -2.21. The molecule has 0 spiro atoms. The number of carbonyl (C=O) groups is 1. The maximum absolute atomic E-state index is 12.4. The number of nitrogens with zero attached hydrogens (tertiary/aromatic N) is 1. The quantitative estimate of drug-likeness (QED) is 0.571. The number of hydrogen-bond donors (Lipinski definition) is 0. The number of amides is 1. The summed E-state index contributed by atoms with van der Waals surface area (Å²) in [5, 5.41) is 0. The van der Waals surface area contributed by atoms with Crippen LogP contribution in [0.15, 0.2) is 24.3 Å². The van der Waals surface area contributed by atoms with Gasteiger partial charge in [0, 0.05) is 18.0 Å². The number of benzene rings is 1. The van der Waals surface area contributed by atoms with E-state index >= 15 is 0 Å². The smallest absolute Gasteiger partial charge is 0.387 e. The van der Waals surface area contributed by atoms with Gasteiger partial charge in [0.05, 0.1) is 6.54 Å². The Morgan fingerprint density at radius 1 is 1.20 bits per heavy atom. The Morgan fingerprint density at radius 3 is 2.25 bits per heavy atom. The van der Waals surface area contributed by atoms with E-state index in [-0.39, 0.29) is 23.7 Å². The third-order valence-electron chi connectivity index (χ3n) is 2.33. The zero-order valence-electron chi connectivity index (χ0n) is 10.2. The zero-order chi connectivity index (χ0) is 15.1. The van der Waals surface area contributed by atoms with Crippen molar-refractivity contribution in [3.05, 3.63) is 29.8 Å². The molecule has 0 bridgehead atoms. The van der Waals surface area contributed by atoms with Crippen LogP contribution in [0.4, 0.5) is 17.6 Å². The van der Waals surface area contributed by atoms with E-state index in [1.54, 1.807) is 0 Å². The van der Waals surface area contributed by atoms with E-state index in [0.717, 1.165) is 4.90 Å². The van der Waals surface area contributed by atoms with Crippen LogP contribution in [0.2, 0.25) is 0 Å². The molecule has 0 atom stereocenters. The van der Waals surface area contributed by atoms with Gasteiger partial charge in [-0.2, -0.15) is 8.78 Å². The molecule has 0 saturated heterocycles. The van der Waals surface area contributed by atoms with Gasteiger partial charge < -0.3 is 9.64 Å². The van der Waals surface area contributed by atoms with Gasteiger partial charge in [0.15, 0.2) is 0 Å². The highest BCUT2D eigenvalue weighted by Gasteiger charge is 2.19. The van der Waals surface area contributed by atoms with E-state index in [4.69, 9.17) is 11.6 Å². The molecule has 8 heteroatoms. The van der Waals surface area contributed by atoms with Crippen molar-refractivity contribution in [3.8, 4) is 5.75 Å². The molecule has 3 nitrogen and oxygen atoms in total. The second-order valence-corrected chi connectivity index (χ2v) is 4.11. The van der Waals surface area contributed by atoms with Crippen LogP contribution in [0, 0.1) is 0 Å². The highest BCUT2D eigenvalue weighted by atomic mass is 35.5. The summed E-state index contributed by atoms with van der Waals surface area (Å²) in [6.07, 6.45) is -2.68. The van der Waals surface area contributed by atoms with Gasteiger partial charge in [0.25, 0.3) is 12.3 Å². The van der Waals surface area contributed by atoms with Gasteiger partial charge in [0.1, 0.15) is 5.75 Å². The number of ether oxygens (including phenoxy) is 1. The fraction of sp³-hybridized carbons (Fsp3) is 0.417. The van der Waals surface area contributed by atoms with Crippen LogP contribution in [-0.2, 0) is 0 Å². The average molecular weight is 314 g/mol. The lowest BCUT2D eigenvalue weighted by molar-refractivity contribution is -0.0498. The van der Waals surface area contributed by atoms with Gasteiger partial charge in [-0.15, -0.1) is 11.6 Å². The van der Waals surface area contributed by atoms with E-state index in [9.17, 15) is 22.4 Å². The summed E-state index contributed by atoms with van der Waals surface area (Å²) < 4.78 is 52.7. The molecule has 0 N–H and O–H groups in total. The molecule has 0 saturated carbocycles. The van der Waals surface area contributed by atoms with Crippen LogP contribution in [0.3, 0.4) is 0 Å². The summed E-state index contributed by atoms with van der Waals surface area (Å²) in [6, 6.07) is 4.79. The molecule has 1 rings (SSSR count). The van der Waals surface area contributed by atoms with Gasteiger partial charge in [-0.3, -0.25) is 4.79 Å². The van der Waals surface area contributed by atoms with Crippen molar-refractivity contribution in [1.29, 1.82) is 0 Å². The first kappa shape index (κ1) is 16.6. The lowest BCUT2D eigenvalue weighted by atomic mass is 10.2. The predicted octanol–water partition coefficient (Wildman–Crippen LogP) is 3.23. The van der Waals surface area contributed by atoms with Crippen molar-refractivity contribution in [1.82, 2.24) is 4.90 Å². The van der Waals surface area contributed by atoms with Crippen molar-refractivity contribution in [2.24, 2.45) is 0 Å². The molecule has 0 aliphatic rings. The second kappa shape index (κ2) is 7.94. The van der Waals surface area contributed by atoms with Crippen LogP contribution in [0.25, 0.3) is 0 Å². The van der Waals surface area contributed by atoms with Crippen molar-refractivity contribution in [2.75, 3.05) is 19.0 Å². The van der Waals surface area contributed by atoms with Gasteiger partial charge in [-0.05, 0) is 24.3 Å². The molecule has 0 aliphatic heterocycles. The number of rotatable bonds is 7. The minimum atomic E-state index is -2.97. The fourth-order valence-electron chi connectivity index (χ4n) is 1.51. The van der Waals surface area contributed by atoms with Gasteiger partial charge in [0.2, 0.25) is 0 Å². The average Bonchev–Trinajstić information content (AvgIpc) is 2.37. The third-order valence-corrected chi connectivity index (χ3v) is 2.50. The SMILES string of the molecule is O=C(c1ccc(OC(F)F)cc1)N(CCCl)CC(F)F. The van der Waals surface area contributed by atoms with E-state index in [1.165, 1.54) is 24.3 Å². The Labute approximate surface area is 118 Å².